The van der Waals surface area contributed by atoms with Gasteiger partial charge in [-0.25, -0.2) is 23.5 Å². The van der Waals surface area contributed by atoms with Crippen molar-refractivity contribution in [3.8, 4) is 17.1 Å². The molecule has 3 aromatic rings. The Morgan fingerprint density at radius 1 is 1.19 bits per heavy atom. The normalized spacial score (nSPS) is 16.8. The Morgan fingerprint density at radius 3 is 2.56 bits per heavy atom. The zero-order chi connectivity index (χ0) is 22.9. The lowest BCUT2D eigenvalue weighted by Crippen LogP contribution is -2.39. The molecular weight excluding hydrogens is 509 g/mol. The number of halogens is 4. The topological polar surface area (TPSA) is 75.9 Å². The number of hydrogen-bond acceptors (Lipinski definition) is 5. The molecule has 2 aromatic heterocycles. The van der Waals surface area contributed by atoms with E-state index in [0.29, 0.717) is 25.9 Å². The molecule has 1 aliphatic heterocycles. The molecule has 1 unspecified atom stereocenters. The van der Waals surface area contributed by atoms with Gasteiger partial charge in [-0.1, -0.05) is 12.1 Å². The summed E-state index contributed by atoms with van der Waals surface area (Å²) in [5.41, 5.74) is -0.397. The number of hydrogen-bond donors (Lipinski definition) is 1. The fourth-order valence-corrected chi connectivity index (χ4v) is 4.75. The van der Waals surface area contributed by atoms with Crippen molar-refractivity contribution in [1.29, 1.82) is 0 Å². The van der Waals surface area contributed by atoms with Gasteiger partial charge in [0.15, 0.2) is 0 Å². The van der Waals surface area contributed by atoms with Crippen LogP contribution in [-0.4, -0.2) is 53.4 Å². The van der Waals surface area contributed by atoms with E-state index in [1.807, 2.05) is 28.6 Å². The molecule has 0 amide bonds. The number of piperidine rings is 1. The summed E-state index contributed by atoms with van der Waals surface area (Å²) in [5, 5.41) is 3.12. The minimum Gasteiger partial charge on any atom is -0.351 e. The molecule has 1 fully saturated rings. The number of nitrogens with one attached hydrogen (secondary N) is 1. The SMILES string of the molecule is CS(=O)N1CCC(Nc2ncc(C(F)(F)F)c(-c3cn(-c4ccccc4Br)cn3)n2)CC1. The summed E-state index contributed by atoms with van der Waals surface area (Å²) in [7, 11) is -1.04. The summed E-state index contributed by atoms with van der Waals surface area (Å²) in [4.78, 5) is 12.3. The average molecular weight is 529 g/mol. The molecule has 1 saturated heterocycles. The van der Waals surface area contributed by atoms with Crippen LogP contribution in [0.3, 0.4) is 0 Å². The summed E-state index contributed by atoms with van der Waals surface area (Å²) in [6.07, 6.45) is 2.14. The molecule has 32 heavy (non-hydrogen) atoms. The van der Waals surface area contributed by atoms with Crippen LogP contribution in [0.1, 0.15) is 18.4 Å². The number of para-hydroxylation sites is 1. The standard InChI is InChI=1S/C20H20BrF3N6OS/c1-32(31)30-8-6-13(7-9-30)27-19-25-10-14(20(22,23)24)18(28-19)16-11-29(12-26-16)17-5-3-2-4-15(17)21/h2-5,10-13H,6-9H2,1H3,(H,25,27,28). The summed E-state index contributed by atoms with van der Waals surface area (Å²) < 4.78 is 56.8. The van der Waals surface area contributed by atoms with Crippen LogP contribution >= 0.6 is 15.9 Å². The van der Waals surface area contributed by atoms with Crippen molar-refractivity contribution in [3.05, 3.63) is 53.0 Å². The number of aromatic nitrogens is 4. The van der Waals surface area contributed by atoms with E-state index in [9.17, 15) is 17.4 Å². The zero-order valence-corrected chi connectivity index (χ0v) is 19.4. The van der Waals surface area contributed by atoms with Gasteiger partial charge in [-0.3, -0.25) is 0 Å². The quantitative estimate of drug-likeness (QED) is 0.534. The van der Waals surface area contributed by atoms with Gasteiger partial charge in [-0.05, 0) is 40.9 Å². The lowest BCUT2D eigenvalue weighted by Gasteiger charge is -2.30. The van der Waals surface area contributed by atoms with Crippen LogP contribution in [0.25, 0.3) is 17.1 Å². The lowest BCUT2D eigenvalue weighted by molar-refractivity contribution is -0.137. The molecule has 12 heteroatoms. The van der Waals surface area contributed by atoms with Gasteiger partial charge >= 0.3 is 6.18 Å². The highest BCUT2D eigenvalue weighted by Crippen LogP contribution is 2.36. The Balaban J connectivity index is 1.63. The number of nitrogens with zero attached hydrogens (tertiary/aromatic N) is 5. The van der Waals surface area contributed by atoms with Gasteiger partial charge in [0.2, 0.25) is 5.95 Å². The maximum absolute atomic E-state index is 13.7. The first-order valence-corrected chi connectivity index (χ1v) is 12.1. The fraction of sp³-hybridized carbons (Fsp3) is 0.350. The Morgan fingerprint density at radius 2 is 1.91 bits per heavy atom. The van der Waals surface area contributed by atoms with Crippen LogP contribution in [0.4, 0.5) is 19.1 Å². The molecule has 0 saturated carbocycles. The van der Waals surface area contributed by atoms with Crippen molar-refractivity contribution in [2.24, 2.45) is 0 Å². The van der Waals surface area contributed by atoms with Gasteiger partial charge in [-0.2, -0.15) is 13.2 Å². The van der Waals surface area contributed by atoms with Crippen molar-refractivity contribution in [3.63, 3.8) is 0 Å². The molecule has 4 rings (SSSR count). The molecule has 3 heterocycles. The average Bonchev–Trinajstić information content (AvgIpc) is 3.23. The third-order valence-corrected chi connectivity index (χ3v) is 6.96. The molecule has 1 aliphatic rings. The molecule has 170 valence electrons. The molecule has 7 nitrogen and oxygen atoms in total. The highest BCUT2D eigenvalue weighted by atomic mass is 79.9. The van der Waals surface area contributed by atoms with Crippen molar-refractivity contribution < 1.29 is 17.4 Å². The van der Waals surface area contributed by atoms with Crippen LogP contribution < -0.4 is 5.32 Å². The Labute approximate surface area is 193 Å². The second-order valence-corrected chi connectivity index (χ2v) is 9.56. The van der Waals surface area contributed by atoms with Gasteiger partial charge in [0.25, 0.3) is 0 Å². The van der Waals surface area contributed by atoms with E-state index in [0.717, 1.165) is 16.4 Å². The van der Waals surface area contributed by atoms with Crippen molar-refractivity contribution in [2.45, 2.75) is 25.1 Å². The van der Waals surface area contributed by atoms with Crippen LogP contribution in [-0.2, 0) is 17.2 Å². The van der Waals surface area contributed by atoms with Crippen LogP contribution in [0.2, 0.25) is 0 Å². The molecule has 0 spiro atoms. The maximum atomic E-state index is 13.7. The number of alkyl halides is 3. The smallest absolute Gasteiger partial charge is 0.351 e. The monoisotopic (exact) mass is 528 g/mol. The summed E-state index contributed by atoms with van der Waals surface area (Å²) in [6.45, 7) is 1.26. The first-order valence-electron chi connectivity index (χ1n) is 9.81. The predicted molar refractivity (Wildman–Crippen MR) is 120 cm³/mol. The molecule has 0 bridgehead atoms. The highest BCUT2D eigenvalue weighted by molar-refractivity contribution is 9.10. The summed E-state index contributed by atoms with van der Waals surface area (Å²) in [5.74, 6) is 0.111. The molecule has 1 atom stereocenters. The van der Waals surface area contributed by atoms with Crippen LogP contribution in [0.15, 0.2) is 47.5 Å². The number of rotatable bonds is 5. The van der Waals surface area contributed by atoms with Crippen LogP contribution in [0.5, 0.6) is 0 Å². The van der Waals surface area contributed by atoms with E-state index in [4.69, 9.17) is 0 Å². The lowest BCUT2D eigenvalue weighted by atomic mass is 10.1. The minimum absolute atomic E-state index is 0.0165. The number of imidazole rings is 1. The molecular formula is C20H20BrF3N6OS. The fourth-order valence-electron chi connectivity index (χ4n) is 3.53. The van der Waals surface area contributed by atoms with Gasteiger partial charge in [0.1, 0.15) is 23.3 Å². The van der Waals surface area contributed by atoms with Crippen LogP contribution in [0, 0.1) is 0 Å². The molecule has 0 aliphatic carbocycles. The molecule has 0 radical (unpaired) electrons. The Bertz CT molecular complexity index is 1130. The first kappa shape index (κ1) is 22.9. The largest absolute Gasteiger partial charge is 0.420 e. The molecule has 1 aromatic carbocycles. The van der Waals surface area contributed by atoms with E-state index in [-0.39, 0.29) is 23.4 Å². The van der Waals surface area contributed by atoms with Gasteiger partial charge in [-0.15, -0.1) is 0 Å². The van der Waals surface area contributed by atoms with Gasteiger partial charge in [0.05, 0.1) is 16.7 Å². The second kappa shape index (κ2) is 9.28. The third kappa shape index (κ3) is 5.02. The summed E-state index contributed by atoms with van der Waals surface area (Å²) >= 11 is 3.44. The van der Waals surface area contributed by atoms with E-state index in [1.165, 1.54) is 12.5 Å². The Kier molecular flexibility index (Phi) is 6.63. The summed E-state index contributed by atoms with van der Waals surface area (Å²) in [6, 6.07) is 7.31. The van der Waals surface area contributed by atoms with Gasteiger partial charge < -0.3 is 9.88 Å². The third-order valence-electron chi connectivity index (χ3n) is 5.20. The number of benzene rings is 1. The van der Waals surface area contributed by atoms with E-state index < -0.39 is 22.7 Å². The highest BCUT2D eigenvalue weighted by Gasteiger charge is 2.36. The van der Waals surface area contributed by atoms with E-state index >= 15 is 0 Å². The molecule has 1 N–H and O–H groups in total. The Hall–Kier alpha value is -2.31. The van der Waals surface area contributed by atoms with Crippen molar-refractivity contribution in [2.75, 3.05) is 24.7 Å². The zero-order valence-electron chi connectivity index (χ0n) is 17.0. The van der Waals surface area contributed by atoms with Crippen molar-refractivity contribution in [1.82, 2.24) is 23.8 Å². The maximum Gasteiger partial charge on any atom is 0.420 e. The van der Waals surface area contributed by atoms with E-state index in [1.54, 1.807) is 10.8 Å². The number of anilines is 1. The second-order valence-electron chi connectivity index (χ2n) is 7.34. The van der Waals surface area contributed by atoms with Gasteiger partial charge in [0, 0.05) is 42.3 Å². The van der Waals surface area contributed by atoms with E-state index in [2.05, 4.69) is 36.2 Å². The predicted octanol–water partition coefficient (Wildman–Crippen LogP) is 4.28. The van der Waals surface area contributed by atoms with Crippen molar-refractivity contribution >= 4 is 32.9 Å². The first-order chi connectivity index (χ1) is 15.2. The minimum atomic E-state index is -4.62.